The van der Waals surface area contributed by atoms with Crippen LogP contribution in [-0.4, -0.2) is 21.3 Å². The van der Waals surface area contributed by atoms with E-state index in [9.17, 15) is 0 Å². The second kappa shape index (κ2) is 3.74. The molecule has 0 atom stereocenters. The van der Waals surface area contributed by atoms with E-state index >= 15 is 0 Å². The van der Waals surface area contributed by atoms with E-state index in [-0.39, 0.29) is 5.54 Å². The Balaban J connectivity index is 2.95. The summed E-state index contributed by atoms with van der Waals surface area (Å²) in [4.78, 5) is 12.6. The maximum Gasteiger partial charge on any atom is 0.146 e. The lowest BCUT2D eigenvalue weighted by atomic mass is 10.1. The van der Waals surface area contributed by atoms with Gasteiger partial charge in [-0.2, -0.15) is 0 Å². The SMILES string of the molecule is Cc1cnc(C(N)=NC(C)(C)C)cn1. The summed E-state index contributed by atoms with van der Waals surface area (Å²) in [6, 6.07) is 0. The van der Waals surface area contributed by atoms with Gasteiger partial charge >= 0.3 is 0 Å². The molecule has 1 aromatic heterocycles. The van der Waals surface area contributed by atoms with Crippen molar-refractivity contribution in [2.45, 2.75) is 33.2 Å². The number of aliphatic imine (C=N–C) groups is 1. The van der Waals surface area contributed by atoms with Gasteiger partial charge in [-0.1, -0.05) is 0 Å². The Bertz CT molecular complexity index is 332. The molecule has 0 spiro atoms. The molecule has 0 bridgehead atoms. The van der Waals surface area contributed by atoms with Crippen LogP contribution in [-0.2, 0) is 0 Å². The van der Waals surface area contributed by atoms with Crippen LogP contribution in [0.25, 0.3) is 0 Å². The van der Waals surface area contributed by atoms with Crippen LogP contribution in [0, 0.1) is 6.92 Å². The number of nitrogens with two attached hydrogens (primary N) is 1. The molecule has 0 radical (unpaired) electrons. The van der Waals surface area contributed by atoms with Crippen molar-refractivity contribution in [2.75, 3.05) is 0 Å². The highest BCUT2D eigenvalue weighted by molar-refractivity contribution is 5.95. The molecule has 2 N–H and O–H groups in total. The smallest absolute Gasteiger partial charge is 0.146 e. The van der Waals surface area contributed by atoms with Gasteiger partial charge in [0.25, 0.3) is 0 Å². The van der Waals surface area contributed by atoms with Crippen LogP contribution < -0.4 is 5.73 Å². The second-order valence-corrected chi connectivity index (χ2v) is 4.21. The number of aromatic nitrogens is 2. The van der Waals surface area contributed by atoms with Crippen LogP contribution >= 0.6 is 0 Å². The zero-order valence-corrected chi connectivity index (χ0v) is 9.07. The molecule has 0 aliphatic carbocycles. The van der Waals surface area contributed by atoms with Gasteiger partial charge in [0.05, 0.1) is 17.4 Å². The molecular weight excluding hydrogens is 176 g/mol. The Hall–Kier alpha value is -1.45. The lowest BCUT2D eigenvalue weighted by Crippen LogP contribution is -2.22. The number of nitrogens with zero attached hydrogens (tertiary/aromatic N) is 3. The lowest BCUT2D eigenvalue weighted by molar-refractivity contribution is 0.583. The third kappa shape index (κ3) is 3.12. The van der Waals surface area contributed by atoms with Crippen LogP contribution in [0.2, 0.25) is 0 Å². The highest BCUT2D eigenvalue weighted by Crippen LogP contribution is 2.07. The van der Waals surface area contributed by atoms with Crippen molar-refractivity contribution in [2.24, 2.45) is 10.7 Å². The van der Waals surface area contributed by atoms with Gasteiger partial charge in [-0.3, -0.25) is 9.98 Å². The van der Waals surface area contributed by atoms with Gasteiger partial charge in [0.2, 0.25) is 0 Å². The largest absolute Gasteiger partial charge is 0.382 e. The Morgan fingerprint density at radius 3 is 2.36 bits per heavy atom. The van der Waals surface area contributed by atoms with E-state index in [0.717, 1.165) is 5.69 Å². The average Bonchev–Trinajstić information content (AvgIpc) is 2.02. The molecule has 1 rings (SSSR count). The fraction of sp³-hybridized carbons (Fsp3) is 0.500. The molecule has 4 nitrogen and oxygen atoms in total. The molecule has 0 amide bonds. The summed E-state index contributed by atoms with van der Waals surface area (Å²) in [5, 5.41) is 0. The molecule has 1 aromatic rings. The van der Waals surface area contributed by atoms with Gasteiger partial charge in [-0.05, 0) is 27.7 Å². The molecule has 0 unspecified atom stereocenters. The molecule has 0 fully saturated rings. The summed E-state index contributed by atoms with van der Waals surface area (Å²) < 4.78 is 0. The van der Waals surface area contributed by atoms with Crippen LogP contribution in [0.15, 0.2) is 17.4 Å². The van der Waals surface area contributed by atoms with E-state index in [4.69, 9.17) is 5.73 Å². The maximum atomic E-state index is 5.78. The van der Waals surface area contributed by atoms with Gasteiger partial charge in [-0.25, -0.2) is 4.98 Å². The van der Waals surface area contributed by atoms with Crippen LogP contribution in [0.4, 0.5) is 0 Å². The summed E-state index contributed by atoms with van der Waals surface area (Å²) in [5.41, 5.74) is 7.10. The maximum absolute atomic E-state index is 5.78. The summed E-state index contributed by atoms with van der Waals surface area (Å²) in [6.07, 6.45) is 3.32. The molecule has 0 saturated carbocycles. The zero-order valence-electron chi connectivity index (χ0n) is 9.07. The topological polar surface area (TPSA) is 64.2 Å². The molecule has 76 valence electrons. The molecular formula is C10H16N4. The summed E-state index contributed by atoms with van der Waals surface area (Å²) >= 11 is 0. The van der Waals surface area contributed by atoms with Crippen LogP contribution in [0.5, 0.6) is 0 Å². The van der Waals surface area contributed by atoms with Gasteiger partial charge in [-0.15, -0.1) is 0 Å². The number of aryl methyl sites for hydroxylation is 1. The van der Waals surface area contributed by atoms with Gasteiger partial charge in [0.15, 0.2) is 0 Å². The average molecular weight is 192 g/mol. The highest BCUT2D eigenvalue weighted by atomic mass is 15.0. The number of amidine groups is 1. The Labute approximate surface area is 84.3 Å². The van der Waals surface area contributed by atoms with E-state index in [0.29, 0.717) is 11.5 Å². The van der Waals surface area contributed by atoms with Crippen molar-refractivity contribution in [1.29, 1.82) is 0 Å². The predicted molar refractivity (Wildman–Crippen MR) is 57.2 cm³/mol. The molecule has 0 saturated heterocycles. The predicted octanol–water partition coefficient (Wildman–Crippen LogP) is 1.29. The fourth-order valence-corrected chi connectivity index (χ4v) is 0.943. The molecule has 0 aliphatic rings. The first-order valence-electron chi connectivity index (χ1n) is 4.53. The Morgan fingerprint density at radius 1 is 1.29 bits per heavy atom. The number of rotatable bonds is 1. The van der Waals surface area contributed by atoms with Crippen molar-refractivity contribution in [3.8, 4) is 0 Å². The molecule has 0 aliphatic heterocycles. The summed E-state index contributed by atoms with van der Waals surface area (Å²) in [5.74, 6) is 0.435. The quantitative estimate of drug-likeness (QED) is 0.538. The molecule has 0 aromatic carbocycles. The van der Waals surface area contributed by atoms with Crippen LogP contribution in [0.1, 0.15) is 32.2 Å². The van der Waals surface area contributed by atoms with Crippen molar-refractivity contribution >= 4 is 5.84 Å². The third-order valence-corrected chi connectivity index (χ3v) is 1.50. The van der Waals surface area contributed by atoms with E-state index in [1.807, 2.05) is 27.7 Å². The monoisotopic (exact) mass is 192 g/mol. The zero-order chi connectivity index (χ0) is 10.8. The summed E-state index contributed by atoms with van der Waals surface area (Å²) in [7, 11) is 0. The standard InChI is InChI=1S/C10H16N4/c1-7-5-13-8(6-12-7)9(11)14-10(2,3)4/h5-6H,1-4H3,(H2,11,14). The van der Waals surface area contributed by atoms with Crippen molar-refractivity contribution in [1.82, 2.24) is 9.97 Å². The van der Waals surface area contributed by atoms with Crippen molar-refractivity contribution < 1.29 is 0 Å². The fourth-order valence-electron chi connectivity index (χ4n) is 0.943. The molecule has 4 heteroatoms. The van der Waals surface area contributed by atoms with Crippen LogP contribution in [0.3, 0.4) is 0 Å². The minimum absolute atomic E-state index is 0.184. The van der Waals surface area contributed by atoms with E-state index < -0.39 is 0 Å². The molecule has 1 heterocycles. The Morgan fingerprint density at radius 2 is 1.93 bits per heavy atom. The van der Waals surface area contributed by atoms with Gasteiger partial charge < -0.3 is 5.73 Å². The molecule has 14 heavy (non-hydrogen) atoms. The van der Waals surface area contributed by atoms with Gasteiger partial charge in [0, 0.05) is 6.20 Å². The van der Waals surface area contributed by atoms with Gasteiger partial charge in [0.1, 0.15) is 11.5 Å². The number of hydrogen-bond donors (Lipinski definition) is 1. The first-order chi connectivity index (χ1) is 6.38. The van der Waals surface area contributed by atoms with Crippen molar-refractivity contribution in [3.63, 3.8) is 0 Å². The first-order valence-corrected chi connectivity index (χ1v) is 4.53. The van der Waals surface area contributed by atoms with E-state index in [1.54, 1.807) is 12.4 Å². The van der Waals surface area contributed by atoms with Crippen molar-refractivity contribution in [3.05, 3.63) is 23.8 Å². The minimum Gasteiger partial charge on any atom is -0.382 e. The number of hydrogen-bond acceptors (Lipinski definition) is 3. The second-order valence-electron chi connectivity index (χ2n) is 4.21. The van der Waals surface area contributed by atoms with E-state index in [2.05, 4.69) is 15.0 Å². The van der Waals surface area contributed by atoms with E-state index in [1.165, 1.54) is 0 Å². The summed E-state index contributed by atoms with van der Waals surface area (Å²) in [6.45, 7) is 7.85. The minimum atomic E-state index is -0.184. The highest BCUT2D eigenvalue weighted by Gasteiger charge is 2.09. The lowest BCUT2D eigenvalue weighted by Gasteiger charge is -2.13. The Kier molecular flexibility index (Phi) is 2.84. The third-order valence-electron chi connectivity index (χ3n) is 1.50. The first kappa shape index (κ1) is 10.6. The normalized spacial score (nSPS) is 13.0.